The number of methoxy groups -OCH3 is 2. The number of aliphatic imine (C=N–C) groups is 1. The maximum atomic E-state index is 10.0. The van der Waals surface area contributed by atoms with Gasteiger partial charge in [-0.05, 0) is 19.3 Å². The number of isocyanates is 1. The molecule has 14 heavy (non-hydrogen) atoms. The molecule has 4 heteroatoms. The molecule has 0 saturated heterocycles. The molecule has 0 aromatic carbocycles. The van der Waals surface area contributed by atoms with E-state index in [0.29, 0.717) is 12.5 Å². The predicted octanol–water partition coefficient (Wildman–Crippen LogP) is 1.15. The molecule has 1 rings (SSSR count). The first kappa shape index (κ1) is 11.4. The highest BCUT2D eigenvalue weighted by atomic mass is 16.5. The average molecular weight is 199 g/mol. The molecule has 0 aromatic heterocycles. The zero-order valence-corrected chi connectivity index (χ0v) is 8.73. The van der Waals surface area contributed by atoms with Crippen molar-refractivity contribution >= 4 is 6.08 Å². The van der Waals surface area contributed by atoms with Crippen LogP contribution < -0.4 is 0 Å². The largest absolute Gasteiger partial charge is 0.381 e. The minimum atomic E-state index is 0.207. The highest BCUT2D eigenvalue weighted by molar-refractivity contribution is 5.32. The van der Waals surface area contributed by atoms with Gasteiger partial charge in [0.25, 0.3) is 0 Å². The van der Waals surface area contributed by atoms with Crippen molar-refractivity contribution in [1.29, 1.82) is 0 Å². The maximum absolute atomic E-state index is 10.0. The second-order valence-corrected chi connectivity index (χ2v) is 3.64. The lowest BCUT2D eigenvalue weighted by molar-refractivity contribution is -0.0309. The second-order valence-electron chi connectivity index (χ2n) is 3.64. The Morgan fingerprint density at radius 3 is 2.71 bits per heavy atom. The molecule has 0 spiro atoms. The van der Waals surface area contributed by atoms with Crippen molar-refractivity contribution in [1.82, 2.24) is 0 Å². The van der Waals surface area contributed by atoms with Crippen LogP contribution >= 0.6 is 0 Å². The van der Waals surface area contributed by atoms with Crippen LogP contribution in [0.15, 0.2) is 4.99 Å². The maximum Gasteiger partial charge on any atom is 0.234 e. The van der Waals surface area contributed by atoms with Gasteiger partial charge in [0.1, 0.15) is 0 Å². The monoisotopic (exact) mass is 199 g/mol. The molecule has 3 atom stereocenters. The standard InChI is InChI=1S/C10H17NO3/c1-13-9-3-4-10(14-2)8(5-9)6-11-7-12/h8-10H,3-6H2,1-2H3. The molecular formula is C10H17NO3. The van der Waals surface area contributed by atoms with Crippen LogP contribution in [-0.4, -0.2) is 39.1 Å². The summed E-state index contributed by atoms with van der Waals surface area (Å²) >= 11 is 0. The molecule has 0 N–H and O–H groups in total. The van der Waals surface area contributed by atoms with Gasteiger partial charge >= 0.3 is 0 Å². The molecule has 1 saturated carbocycles. The summed E-state index contributed by atoms with van der Waals surface area (Å²) in [5, 5.41) is 0. The van der Waals surface area contributed by atoms with E-state index < -0.39 is 0 Å². The van der Waals surface area contributed by atoms with Crippen LogP contribution in [0.1, 0.15) is 19.3 Å². The third kappa shape index (κ3) is 2.91. The Labute approximate surface area is 84.3 Å². The predicted molar refractivity (Wildman–Crippen MR) is 51.9 cm³/mol. The number of hydrogen-bond acceptors (Lipinski definition) is 4. The molecule has 0 aliphatic heterocycles. The molecule has 0 amide bonds. The van der Waals surface area contributed by atoms with Gasteiger partial charge in [-0.1, -0.05) is 0 Å². The molecule has 1 aliphatic carbocycles. The smallest absolute Gasteiger partial charge is 0.234 e. The Bertz CT molecular complexity index is 213. The topological polar surface area (TPSA) is 47.9 Å². The summed E-state index contributed by atoms with van der Waals surface area (Å²) in [5.41, 5.74) is 0. The molecule has 1 aliphatic rings. The normalized spacial score (nSPS) is 32.3. The van der Waals surface area contributed by atoms with Gasteiger partial charge in [-0.2, -0.15) is 0 Å². The Kier molecular flexibility index (Phi) is 4.80. The number of carbonyl (C=O) groups excluding carboxylic acids is 1. The summed E-state index contributed by atoms with van der Waals surface area (Å²) in [6.45, 7) is 0.502. The fourth-order valence-electron chi connectivity index (χ4n) is 2.06. The first-order valence-electron chi connectivity index (χ1n) is 4.91. The zero-order chi connectivity index (χ0) is 10.4. The summed E-state index contributed by atoms with van der Waals surface area (Å²) in [4.78, 5) is 13.7. The van der Waals surface area contributed by atoms with E-state index in [-0.39, 0.29) is 12.2 Å². The molecule has 0 aromatic rings. The Hall–Kier alpha value is -0.700. The van der Waals surface area contributed by atoms with Crippen molar-refractivity contribution in [3.63, 3.8) is 0 Å². The van der Waals surface area contributed by atoms with E-state index in [2.05, 4.69) is 4.99 Å². The summed E-state index contributed by atoms with van der Waals surface area (Å²) in [6.07, 6.45) is 4.98. The Morgan fingerprint density at radius 2 is 2.14 bits per heavy atom. The molecular weight excluding hydrogens is 182 g/mol. The molecule has 0 heterocycles. The van der Waals surface area contributed by atoms with Gasteiger partial charge in [0.2, 0.25) is 6.08 Å². The number of rotatable bonds is 4. The van der Waals surface area contributed by atoms with E-state index in [0.717, 1.165) is 19.3 Å². The van der Waals surface area contributed by atoms with E-state index in [9.17, 15) is 4.79 Å². The third-order valence-corrected chi connectivity index (χ3v) is 2.89. The van der Waals surface area contributed by atoms with Crippen LogP contribution in [-0.2, 0) is 14.3 Å². The summed E-state index contributed by atoms with van der Waals surface area (Å²) < 4.78 is 10.6. The number of ether oxygens (including phenoxy) is 2. The van der Waals surface area contributed by atoms with E-state index in [1.807, 2.05) is 0 Å². The van der Waals surface area contributed by atoms with Gasteiger partial charge in [0, 0.05) is 20.1 Å². The van der Waals surface area contributed by atoms with Crippen molar-refractivity contribution in [2.75, 3.05) is 20.8 Å². The van der Waals surface area contributed by atoms with Crippen molar-refractivity contribution in [3.05, 3.63) is 0 Å². The number of hydrogen-bond donors (Lipinski definition) is 0. The first-order valence-corrected chi connectivity index (χ1v) is 4.91. The summed E-state index contributed by atoms with van der Waals surface area (Å²) in [6, 6.07) is 0. The summed E-state index contributed by atoms with van der Waals surface area (Å²) in [7, 11) is 3.42. The van der Waals surface area contributed by atoms with Crippen LogP contribution in [0.3, 0.4) is 0 Å². The SMILES string of the molecule is COC1CCC(OC)C(CN=C=O)C1. The van der Waals surface area contributed by atoms with Crippen LogP contribution in [0.25, 0.3) is 0 Å². The van der Waals surface area contributed by atoms with Crippen molar-refractivity contribution in [2.45, 2.75) is 31.5 Å². The fourth-order valence-corrected chi connectivity index (χ4v) is 2.06. The third-order valence-electron chi connectivity index (χ3n) is 2.89. The fraction of sp³-hybridized carbons (Fsp3) is 0.900. The van der Waals surface area contributed by atoms with Crippen molar-refractivity contribution in [3.8, 4) is 0 Å². The van der Waals surface area contributed by atoms with E-state index in [1.165, 1.54) is 0 Å². The van der Waals surface area contributed by atoms with Crippen LogP contribution in [0.4, 0.5) is 0 Å². The Morgan fingerprint density at radius 1 is 1.36 bits per heavy atom. The molecule has 1 fully saturated rings. The van der Waals surface area contributed by atoms with Gasteiger partial charge in [0.05, 0.1) is 18.8 Å². The van der Waals surface area contributed by atoms with Gasteiger partial charge in [-0.3, -0.25) is 0 Å². The quantitative estimate of drug-likeness (QED) is 0.504. The van der Waals surface area contributed by atoms with Gasteiger partial charge in [-0.25, -0.2) is 9.79 Å². The summed E-state index contributed by atoms with van der Waals surface area (Å²) in [5.74, 6) is 0.292. The van der Waals surface area contributed by atoms with Crippen LogP contribution in [0, 0.1) is 5.92 Å². The van der Waals surface area contributed by atoms with Crippen LogP contribution in [0.2, 0.25) is 0 Å². The van der Waals surface area contributed by atoms with Gasteiger partial charge in [-0.15, -0.1) is 0 Å². The highest BCUT2D eigenvalue weighted by Crippen LogP contribution is 2.28. The minimum Gasteiger partial charge on any atom is -0.381 e. The van der Waals surface area contributed by atoms with E-state index >= 15 is 0 Å². The van der Waals surface area contributed by atoms with Crippen molar-refractivity contribution in [2.24, 2.45) is 10.9 Å². The zero-order valence-electron chi connectivity index (χ0n) is 8.73. The molecule has 3 unspecified atom stereocenters. The number of nitrogens with zero attached hydrogens (tertiary/aromatic N) is 1. The molecule has 80 valence electrons. The van der Waals surface area contributed by atoms with E-state index in [4.69, 9.17) is 9.47 Å². The van der Waals surface area contributed by atoms with E-state index in [1.54, 1.807) is 20.3 Å². The molecule has 0 radical (unpaired) electrons. The van der Waals surface area contributed by atoms with Gasteiger partial charge in [0.15, 0.2) is 0 Å². The second kappa shape index (κ2) is 5.91. The molecule has 0 bridgehead atoms. The Balaban J connectivity index is 2.50. The average Bonchev–Trinajstić information content (AvgIpc) is 2.25. The van der Waals surface area contributed by atoms with Crippen molar-refractivity contribution < 1.29 is 14.3 Å². The molecule has 4 nitrogen and oxygen atoms in total. The lowest BCUT2D eigenvalue weighted by atomic mass is 9.84. The lowest BCUT2D eigenvalue weighted by Crippen LogP contribution is -2.35. The highest BCUT2D eigenvalue weighted by Gasteiger charge is 2.30. The van der Waals surface area contributed by atoms with Gasteiger partial charge < -0.3 is 9.47 Å². The lowest BCUT2D eigenvalue weighted by Gasteiger charge is -2.33. The first-order chi connectivity index (χ1) is 6.81. The minimum absolute atomic E-state index is 0.207. The van der Waals surface area contributed by atoms with Crippen LogP contribution in [0.5, 0.6) is 0 Å².